The molecule has 0 saturated carbocycles. The van der Waals surface area contributed by atoms with E-state index < -0.39 is 0 Å². The van der Waals surface area contributed by atoms with Crippen molar-refractivity contribution in [2.45, 2.75) is 20.4 Å². The Labute approximate surface area is 144 Å². The van der Waals surface area contributed by atoms with Gasteiger partial charge in [-0.2, -0.15) is 0 Å². The maximum Gasteiger partial charge on any atom is 0.0494 e. The molecule has 1 heterocycles. The van der Waals surface area contributed by atoms with E-state index in [-0.39, 0.29) is 0 Å². The van der Waals surface area contributed by atoms with Gasteiger partial charge in [-0.25, -0.2) is 0 Å². The second kappa shape index (κ2) is 7.65. The zero-order chi connectivity index (χ0) is 16.8. The van der Waals surface area contributed by atoms with Crippen LogP contribution in [0.2, 0.25) is 0 Å². The molecule has 0 aliphatic carbocycles. The molecular formula is C23H23N. The summed E-state index contributed by atoms with van der Waals surface area (Å²) < 4.78 is 2.40. The molecule has 0 bridgehead atoms. The summed E-state index contributed by atoms with van der Waals surface area (Å²) in [5.41, 5.74) is 5.13. The van der Waals surface area contributed by atoms with Gasteiger partial charge in [-0.3, -0.25) is 0 Å². The number of hydrogen-bond acceptors (Lipinski definition) is 0. The minimum atomic E-state index is 0.887. The fourth-order valence-electron chi connectivity index (χ4n) is 2.99. The van der Waals surface area contributed by atoms with Crippen LogP contribution in [0, 0.1) is 0 Å². The number of fused-ring (bicyclic) bond motifs is 1. The fraction of sp³-hybridized carbons (Fsp3) is 0.130. The Morgan fingerprint density at radius 3 is 1.96 bits per heavy atom. The molecule has 0 radical (unpaired) electrons. The summed E-state index contributed by atoms with van der Waals surface area (Å²) in [6.45, 7) is 4.89. The molecule has 120 valence electrons. The van der Waals surface area contributed by atoms with Crippen LogP contribution in [0.5, 0.6) is 0 Å². The van der Waals surface area contributed by atoms with Gasteiger partial charge in [-0.1, -0.05) is 92.7 Å². The van der Waals surface area contributed by atoms with E-state index in [1.54, 1.807) is 0 Å². The lowest BCUT2D eigenvalue weighted by atomic mass is 10.1. The van der Waals surface area contributed by atoms with E-state index >= 15 is 0 Å². The van der Waals surface area contributed by atoms with E-state index in [9.17, 15) is 0 Å². The van der Waals surface area contributed by atoms with Gasteiger partial charge in [-0.05, 0) is 23.3 Å². The highest BCUT2D eigenvalue weighted by molar-refractivity contribution is 5.87. The molecule has 3 aromatic carbocycles. The number of hydrogen-bond donors (Lipinski definition) is 0. The van der Waals surface area contributed by atoms with Crippen molar-refractivity contribution in [3.8, 4) is 11.3 Å². The molecule has 1 heteroatoms. The maximum absolute atomic E-state index is 2.40. The van der Waals surface area contributed by atoms with E-state index in [2.05, 4.69) is 95.6 Å². The van der Waals surface area contributed by atoms with Crippen LogP contribution < -0.4 is 0 Å². The van der Waals surface area contributed by atoms with Gasteiger partial charge < -0.3 is 4.57 Å². The highest BCUT2D eigenvalue weighted by Crippen LogP contribution is 2.29. The predicted octanol–water partition coefficient (Wildman–Crippen LogP) is 6.38. The van der Waals surface area contributed by atoms with Crippen LogP contribution in [0.3, 0.4) is 0 Å². The summed E-state index contributed by atoms with van der Waals surface area (Å²) in [4.78, 5) is 0. The van der Waals surface area contributed by atoms with Crippen molar-refractivity contribution in [1.82, 2.24) is 4.57 Å². The average molecular weight is 313 g/mol. The summed E-state index contributed by atoms with van der Waals surface area (Å²) in [6, 6.07) is 32.1. The van der Waals surface area contributed by atoms with Crippen molar-refractivity contribution in [3.05, 3.63) is 96.6 Å². The molecule has 0 aliphatic rings. The van der Waals surface area contributed by atoms with Gasteiger partial charge in [0.05, 0.1) is 0 Å². The van der Waals surface area contributed by atoms with E-state index in [0.717, 1.165) is 6.54 Å². The minimum Gasteiger partial charge on any atom is -0.336 e. The highest BCUT2D eigenvalue weighted by Gasteiger charge is 2.10. The standard InChI is InChI=1S/C21H17N.C2H6/c1-3-9-17(10-4-1)16-22-20-14-8-7-13-19(20)15-21(22)18-11-5-2-6-12-18;1-2/h1-15H,16H2;1-2H3. The van der Waals surface area contributed by atoms with Crippen molar-refractivity contribution < 1.29 is 0 Å². The normalized spacial score (nSPS) is 10.2. The first kappa shape index (κ1) is 16.1. The van der Waals surface area contributed by atoms with E-state index in [1.807, 2.05) is 13.8 Å². The summed E-state index contributed by atoms with van der Waals surface area (Å²) in [5, 5.41) is 1.29. The van der Waals surface area contributed by atoms with Crippen molar-refractivity contribution in [3.63, 3.8) is 0 Å². The first-order chi connectivity index (χ1) is 11.9. The van der Waals surface area contributed by atoms with Gasteiger partial charge >= 0.3 is 0 Å². The molecule has 24 heavy (non-hydrogen) atoms. The quantitative estimate of drug-likeness (QED) is 0.413. The summed E-state index contributed by atoms with van der Waals surface area (Å²) in [5.74, 6) is 0. The Kier molecular flexibility index (Phi) is 5.12. The van der Waals surface area contributed by atoms with E-state index in [1.165, 1.54) is 27.7 Å². The van der Waals surface area contributed by atoms with Crippen LogP contribution in [-0.4, -0.2) is 4.57 Å². The molecule has 0 fully saturated rings. The molecule has 4 rings (SSSR count). The second-order valence-electron chi connectivity index (χ2n) is 5.53. The van der Waals surface area contributed by atoms with Gasteiger partial charge in [0, 0.05) is 23.1 Å². The van der Waals surface area contributed by atoms with Gasteiger partial charge in [0.2, 0.25) is 0 Å². The Bertz CT molecular complexity index is 889. The Hall–Kier alpha value is -2.80. The monoisotopic (exact) mass is 313 g/mol. The SMILES string of the molecule is CC.c1ccc(Cn2c(-c3ccccc3)cc3ccccc32)cc1. The Morgan fingerprint density at radius 2 is 1.25 bits per heavy atom. The van der Waals surface area contributed by atoms with Crippen molar-refractivity contribution in [2.24, 2.45) is 0 Å². The van der Waals surface area contributed by atoms with Gasteiger partial charge in [0.25, 0.3) is 0 Å². The number of benzene rings is 3. The molecule has 0 aliphatic heterocycles. The first-order valence-electron chi connectivity index (χ1n) is 8.59. The minimum absolute atomic E-state index is 0.887. The van der Waals surface area contributed by atoms with Crippen LogP contribution in [0.25, 0.3) is 22.2 Å². The average Bonchev–Trinajstić information content (AvgIpc) is 3.04. The lowest BCUT2D eigenvalue weighted by Gasteiger charge is -2.11. The molecule has 1 nitrogen and oxygen atoms in total. The number of rotatable bonds is 3. The number of aromatic nitrogens is 1. The molecule has 1 aromatic heterocycles. The van der Waals surface area contributed by atoms with Crippen LogP contribution in [0.4, 0.5) is 0 Å². The first-order valence-corrected chi connectivity index (χ1v) is 8.59. The summed E-state index contributed by atoms with van der Waals surface area (Å²) in [7, 11) is 0. The summed E-state index contributed by atoms with van der Waals surface area (Å²) in [6.07, 6.45) is 0. The third-order valence-electron chi connectivity index (χ3n) is 4.06. The summed E-state index contributed by atoms with van der Waals surface area (Å²) >= 11 is 0. The Balaban J connectivity index is 0.000000815. The predicted molar refractivity (Wildman–Crippen MR) is 104 cm³/mol. The van der Waals surface area contributed by atoms with Gasteiger partial charge in [0.15, 0.2) is 0 Å². The van der Waals surface area contributed by atoms with Crippen LogP contribution in [-0.2, 0) is 6.54 Å². The van der Waals surface area contributed by atoms with Crippen LogP contribution in [0.15, 0.2) is 91.0 Å². The van der Waals surface area contributed by atoms with Gasteiger partial charge in [-0.15, -0.1) is 0 Å². The maximum atomic E-state index is 2.40. The van der Waals surface area contributed by atoms with Crippen molar-refractivity contribution in [2.75, 3.05) is 0 Å². The van der Waals surface area contributed by atoms with Crippen LogP contribution >= 0.6 is 0 Å². The molecule has 0 spiro atoms. The zero-order valence-electron chi connectivity index (χ0n) is 14.3. The molecule has 4 aromatic rings. The van der Waals surface area contributed by atoms with Crippen molar-refractivity contribution >= 4 is 10.9 Å². The molecule has 0 N–H and O–H groups in total. The highest BCUT2D eigenvalue weighted by atomic mass is 15.0. The smallest absolute Gasteiger partial charge is 0.0494 e. The van der Waals surface area contributed by atoms with Crippen molar-refractivity contribution in [1.29, 1.82) is 0 Å². The number of para-hydroxylation sites is 1. The van der Waals surface area contributed by atoms with Gasteiger partial charge in [0.1, 0.15) is 0 Å². The zero-order valence-corrected chi connectivity index (χ0v) is 14.3. The Morgan fingerprint density at radius 1 is 0.667 bits per heavy atom. The lowest BCUT2D eigenvalue weighted by Crippen LogP contribution is -2.01. The second-order valence-corrected chi connectivity index (χ2v) is 5.53. The third-order valence-corrected chi connectivity index (χ3v) is 4.06. The van der Waals surface area contributed by atoms with E-state index in [4.69, 9.17) is 0 Å². The molecular weight excluding hydrogens is 290 g/mol. The molecule has 0 unspecified atom stereocenters. The molecule has 0 amide bonds. The largest absolute Gasteiger partial charge is 0.336 e. The molecule has 0 atom stereocenters. The molecule has 0 saturated heterocycles. The fourth-order valence-corrected chi connectivity index (χ4v) is 2.99. The lowest BCUT2D eigenvalue weighted by molar-refractivity contribution is 0.845. The third kappa shape index (κ3) is 3.26. The number of nitrogens with zero attached hydrogens (tertiary/aromatic N) is 1. The topological polar surface area (TPSA) is 4.93 Å². The van der Waals surface area contributed by atoms with E-state index in [0.29, 0.717) is 0 Å². The van der Waals surface area contributed by atoms with Crippen LogP contribution in [0.1, 0.15) is 19.4 Å².